The lowest BCUT2D eigenvalue weighted by Crippen LogP contribution is -2.33. The number of hydrogen-bond donors (Lipinski definition) is 0. The average molecular weight is 198 g/mol. The third kappa shape index (κ3) is 3.29. The molecule has 0 radical (unpaired) electrons. The molecule has 2 atom stereocenters. The highest BCUT2D eigenvalue weighted by atomic mass is 14.4. The Morgan fingerprint density at radius 3 is 2.14 bits per heavy atom. The summed E-state index contributed by atoms with van der Waals surface area (Å²) in [6.07, 6.45) is 7.25. The molecule has 86 valence electrons. The van der Waals surface area contributed by atoms with E-state index in [1.807, 2.05) is 13.8 Å². The third-order valence-electron chi connectivity index (χ3n) is 4.02. The molecule has 1 aliphatic carbocycles. The van der Waals surface area contributed by atoms with Crippen LogP contribution in [0.2, 0.25) is 0 Å². The molecule has 0 N–H and O–H groups in total. The van der Waals surface area contributed by atoms with Gasteiger partial charge in [0.15, 0.2) is 0 Å². The lowest BCUT2D eigenvalue weighted by atomic mass is 9.62. The zero-order valence-corrected chi connectivity index (χ0v) is 11.2. The fraction of sp³-hybridized carbons (Fsp3) is 1.00. The molecule has 1 aliphatic rings. The molecule has 0 nitrogen and oxygen atoms in total. The molecule has 1 rings (SSSR count). The Hall–Kier alpha value is 0. The lowest BCUT2D eigenvalue weighted by molar-refractivity contribution is 0.0723. The SMILES string of the molecule is CC.CCC1(C)CCCCC1C(C)C. The normalized spacial score (nSPS) is 32.4. The fourth-order valence-corrected chi connectivity index (χ4v) is 3.00. The number of hydrogen-bond acceptors (Lipinski definition) is 0. The monoisotopic (exact) mass is 198 g/mol. The first-order chi connectivity index (χ1) is 6.60. The quantitative estimate of drug-likeness (QED) is 0.566. The van der Waals surface area contributed by atoms with Gasteiger partial charge >= 0.3 is 0 Å². The van der Waals surface area contributed by atoms with Crippen molar-refractivity contribution in [3.63, 3.8) is 0 Å². The van der Waals surface area contributed by atoms with Gasteiger partial charge in [-0.25, -0.2) is 0 Å². The van der Waals surface area contributed by atoms with Crippen LogP contribution in [-0.4, -0.2) is 0 Å². The van der Waals surface area contributed by atoms with Crippen LogP contribution in [0.3, 0.4) is 0 Å². The minimum atomic E-state index is 0.659. The molecule has 0 aliphatic heterocycles. The van der Waals surface area contributed by atoms with E-state index in [9.17, 15) is 0 Å². The molecule has 0 aromatic carbocycles. The Morgan fingerprint density at radius 1 is 1.21 bits per heavy atom. The van der Waals surface area contributed by atoms with Gasteiger partial charge in [-0.3, -0.25) is 0 Å². The van der Waals surface area contributed by atoms with Gasteiger partial charge in [-0.2, -0.15) is 0 Å². The predicted molar refractivity (Wildman–Crippen MR) is 66.5 cm³/mol. The van der Waals surface area contributed by atoms with Crippen molar-refractivity contribution in [2.45, 2.75) is 73.6 Å². The second-order valence-electron chi connectivity index (χ2n) is 5.10. The molecule has 0 aromatic heterocycles. The van der Waals surface area contributed by atoms with Gasteiger partial charge in [0.05, 0.1) is 0 Å². The van der Waals surface area contributed by atoms with Gasteiger partial charge in [-0.05, 0) is 30.1 Å². The zero-order valence-electron chi connectivity index (χ0n) is 11.2. The first-order valence-corrected chi connectivity index (χ1v) is 6.60. The maximum absolute atomic E-state index is 2.50. The average Bonchev–Trinajstić information content (AvgIpc) is 2.21. The fourth-order valence-electron chi connectivity index (χ4n) is 3.00. The van der Waals surface area contributed by atoms with Crippen molar-refractivity contribution in [3.8, 4) is 0 Å². The van der Waals surface area contributed by atoms with Gasteiger partial charge in [0, 0.05) is 0 Å². The summed E-state index contributed by atoms with van der Waals surface area (Å²) in [6, 6.07) is 0. The Labute approximate surface area is 91.5 Å². The van der Waals surface area contributed by atoms with Crippen LogP contribution in [-0.2, 0) is 0 Å². The van der Waals surface area contributed by atoms with E-state index in [2.05, 4.69) is 27.7 Å². The van der Waals surface area contributed by atoms with Crippen molar-refractivity contribution >= 4 is 0 Å². The largest absolute Gasteiger partial charge is 0.0683 e. The van der Waals surface area contributed by atoms with Gasteiger partial charge < -0.3 is 0 Å². The van der Waals surface area contributed by atoms with Gasteiger partial charge in [0.2, 0.25) is 0 Å². The third-order valence-corrected chi connectivity index (χ3v) is 4.02. The maximum Gasteiger partial charge on any atom is -0.0298 e. The molecule has 0 aromatic rings. The number of rotatable bonds is 2. The summed E-state index contributed by atoms with van der Waals surface area (Å²) in [5, 5.41) is 0. The Balaban J connectivity index is 0.000000791. The zero-order chi connectivity index (χ0) is 11.2. The second-order valence-corrected chi connectivity index (χ2v) is 5.10. The molecule has 0 saturated heterocycles. The van der Waals surface area contributed by atoms with Crippen molar-refractivity contribution in [2.75, 3.05) is 0 Å². The van der Waals surface area contributed by atoms with Crippen LogP contribution in [0.1, 0.15) is 73.6 Å². The molecule has 0 bridgehead atoms. The van der Waals surface area contributed by atoms with Crippen LogP contribution in [0.5, 0.6) is 0 Å². The van der Waals surface area contributed by atoms with Crippen LogP contribution < -0.4 is 0 Å². The summed E-state index contributed by atoms with van der Waals surface area (Å²) in [7, 11) is 0. The van der Waals surface area contributed by atoms with Crippen LogP contribution in [0, 0.1) is 17.3 Å². The van der Waals surface area contributed by atoms with Crippen molar-refractivity contribution < 1.29 is 0 Å². The van der Waals surface area contributed by atoms with E-state index in [-0.39, 0.29) is 0 Å². The van der Waals surface area contributed by atoms with E-state index in [1.165, 1.54) is 32.1 Å². The molecule has 0 amide bonds. The van der Waals surface area contributed by atoms with Crippen molar-refractivity contribution in [1.82, 2.24) is 0 Å². The van der Waals surface area contributed by atoms with Gasteiger partial charge in [0.25, 0.3) is 0 Å². The minimum Gasteiger partial charge on any atom is -0.0683 e. The summed E-state index contributed by atoms with van der Waals surface area (Å²) >= 11 is 0. The van der Waals surface area contributed by atoms with Gasteiger partial charge in [-0.1, -0.05) is 60.8 Å². The lowest BCUT2D eigenvalue weighted by Gasteiger charge is -2.43. The molecule has 0 spiro atoms. The summed E-state index contributed by atoms with van der Waals surface area (Å²) in [4.78, 5) is 0. The first-order valence-electron chi connectivity index (χ1n) is 6.60. The highest BCUT2D eigenvalue weighted by Crippen LogP contribution is 2.46. The highest BCUT2D eigenvalue weighted by molar-refractivity contribution is 4.86. The van der Waals surface area contributed by atoms with E-state index < -0.39 is 0 Å². The van der Waals surface area contributed by atoms with Crippen molar-refractivity contribution in [2.24, 2.45) is 17.3 Å². The van der Waals surface area contributed by atoms with E-state index in [4.69, 9.17) is 0 Å². The van der Waals surface area contributed by atoms with E-state index in [1.54, 1.807) is 0 Å². The van der Waals surface area contributed by atoms with E-state index in [0.717, 1.165) is 11.8 Å². The van der Waals surface area contributed by atoms with Gasteiger partial charge in [-0.15, -0.1) is 0 Å². The van der Waals surface area contributed by atoms with E-state index >= 15 is 0 Å². The summed E-state index contributed by atoms with van der Waals surface area (Å²) in [6.45, 7) is 13.6. The first kappa shape index (κ1) is 14.0. The minimum absolute atomic E-state index is 0.659. The molecular weight excluding hydrogens is 168 g/mol. The van der Waals surface area contributed by atoms with Crippen LogP contribution in [0.15, 0.2) is 0 Å². The molecule has 0 heterocycles. The molecule has 1 fully saturated rings. The summed E-state index contributed by atoms with van der Waals surface area (Å²) < 4.78 is 0. The Morgan fingerprint density at radius 2 is 1.79 bits per heavy atom. The summed E-state index contributed by atoms with van der Waals surface area (Å²) in [5.74, 6) is 1.87. The van der Waals surface area contributed by atoms with Crippen LogP contribution >= 0.6 is 0 Å². The Kier molecular flexibility index (Phi) is 6.48. The molecule has 1 saturated carbocycles. The Bertz CT molecular complexity index is 137. The topological polar surface area (TPSA) is 0 Å². The van der Waals surface area contributed by atoms with Crippen molar-refractivity contribution in [1.29, 1.82) is 0 Å². The molecule has 2 unspecified atom stereocenters. The molecular formula is C14H30. The van der Waals surface area contributed by atoms with E-state index in [0.29, 0.717) is 5.41 Å². The standard InChI is InChI=1S/C12H24.C2H6/c1-5-12(4)9-7-6-8-11(12)10(2)3;1-2/h10-11H,5-9H2,1-4H3;1-2H3. The van der Waals surface area contributed by atoms with Crippen LogP contribution in [0.25, 0.3) is 0 Å². The van der Waals surface area contributed by atoms with Crippen LogP contribution in [0.4, 0.5) is 0 Å². The molecule has 0 heteroatoms. The van der Waals surface area contributed by atoms with Gasteiger partial charge in [0.1, 0.15) is 0 Å². The second kappa shape index (κ2) is 6.48. The highest BCUT2D eigenvalue weighted by Gasteiger charge is 2.36. The summed E-state index contributed by atoms with van der Waals surface area (Å²) in [5.41, 5.74) is 0.659. The predicted octanol–water partition coefficient (Wildman–Crippen LogP) is 5.28. The molecule has 14 heavy (non-hydrogen) atoms. The smallest absolute Gasteiger partial charge is 0.0298 e. The maximum atomic E-state index is 2.50. The van der Waals surface area contributed by atoms with Crippen molar-refractivity contribution in [3.05, 3.63) is 0 Å².